The Labute approximate surface area is 131 Å². The van der Waals surface area contributed by atoms with E-state index in [0.717, 1.165) is 5.39 Å². The topological polar surface area (TPSA) is 79.7 Å². The minimum Gasteiger partial charge on any atom is -0.479 e. The highest BCUT2D eigenvalue weighted by atomic mass is 35.5. The van der Waals surface area contributed by atoms with Crippen LogP contribution in [-0.2, 0) is 9.53 Å². The van der Waals surface area contributed by atoms with Gasteiger partial charge in [-0.25, -0.2) is 9.78 Å². The summed E-state index contributed by atoms with van der Waals surface area (Å²) in [6, 6.07) is 8.69. The van der Waals surface area contributed by atoms with Gasteiger partial charge < -0.3 is 14.7 Å². The van der Waals surface area contributed by atoms with Crippen molar-refractivity contribution in [1.29, 1.82) is 0 Å². The monoisotopic (exact) mass is 320 g/mol. The summed E-state index contributed by atoms with van der Waals surface area (Å²) in [5, 5.41) is 10.4. The van der Waals surface area contributed by atoms with E-state index in [1.165, 1.54) is 4.90 Å². The molecule has 0 radical (unpaired) electrons. The predicted molar refractivity (Wildman–Crippen MR) is 80.0 cm³/mol. The van der Waals surface area contributed by atoms with Gasteiger partial charge in [0, 0.05) is 17.0 Å². The fourth-order valence-corrected chi connectivity index (χ4v) is 2.52. The molecule has 6 nitrogen and oxygen atoms in total. The van der Waals surface area contributed by atoms with Gasteiger partial charge in [-0.2, -0.15) is 0 Å². The van der Waals surface area contributed by atoms with Crippen LogP contribution in [0.2, 0.25) is 5.02 Å². The Morgan fingerprint density at radius 2 is 2.09 bits per heavy atom. The summed E-state index contributed by atoms with van der Waals surface area (Å²) >= 11 is 5.94. The van der Waals surface area contributed by atoms with E-state index in [2.05, 4.69) is 4.98 Å². The Bertz CT molecular complexity index is 749. The summed E-state index contributed by atoms with van der Waals surface area (Å²) in [5.74, 6) is -1.38. The summed E-state index contributed by atoms with van der Waals surface area (Å²) in [5.41, 5.74) is 0.891. The van der Waals surface area contributed by atoms with Gasteiger partial charge in [-0.15, -0.1) is 0 Å². The molecular formula is C15H13ClN2O4. The lowest BCUT2D eigenvalue weighted by Crippen LogP contribution is -2.48. The molecule has 0 spiro atoms. The number of carbonyl (C=O) groups is 2. The largest absolute Gasteiger partial charge is 0.479 e. The molecule has 2 heterocycles. The molecule has 0 aliphatic carbocycles. The van der Waals surface area contributed by atoms with Crippen LogP contribution >= 0.6 is 11.6 Å². The molecule has 1 aromatic carbocycles. The van der Waals surface area contributed by atoms with Gasteiger partial charge >= 0.3 is 5.97 Å². The lowest BCUT2D eigenvalue weighted by Gasteiger charge is -2.30. The molecular weight excluding hydrogens is 308 g/mol. The Morgan fingerprint density at radius 3 is 2.86 bits per heavy atom. The number of benzene rings is 1. The normalized spacial score (nSPS) is 18.4. The maximum atomic E-state index is 12.5. The summed E-state index contributed by atoms with van der Waals surface area (Å²) in [7, 11) is 0. The lowest BCUT2D eigenvalue weighted by atomic mass is 10.2. The molecule has 1 aliphatic rings. The number of nitrogens with zero attached hydrogens (tertiary/aromatic N) is 2. The van der Waals surface area contributed by atoms with E-state index in [1.54, 1.807) is 24.3 Å². The highest BCUT2D eigenvalue weighted by Gasteiger charge is 2.29. The van der Waals surface area contributed by atoms with Crippen LogP contribution in [0.25, 0.3) is 10.9 Å². The van der Waals surface area contributed by atoms with Gasteiger partial charge in [0.25, 0.3) is 5.91 Å². The van der Waals surface area contributed by atoms with Crippen molar-refractivity contribution in [1.82, 2.24) is 9.88 Å². The third-order valence-electron chi connectivity index (χ3n) is 3.50. The van der Waals surface area contributed by atoms with Gasteiger partial charge in [0.1, 0.15) is 5.69 Å². The number of amides is 1. The number of aromatic nitrogens is 1. The van der Waals surface area contributed by atoms with Crippen molar-refractivity contribution in [3.8, 4) is 0 Å². The first-order valence-electron chi connectivity index (χ1n) is 6.74. The minimum absolute atomic E-state index is 0.0173. The van der Waals surface area contributed by atoms with Gasteiger partial charge in [-0.1, -0.05) is 23.7 Å². The van der Waals surface area contributed by atoms with Crippen LogP contribution < -0.4 is 0 Å². The van der Waals surface area contributed by atoms with E-state index >= 15 is 0 Å². The number of fused-ring (bicyclic) bond motifs is 1. The third-order valence-corrected chi connectivity index (χ3v) is 3.74. The average Bonchev–Trinajstić information content (AvgIpc) is 2.53. The predicted octanol–water partition coefficient (Wildman–Crippen LogP) is 1.81. The van der Waals surface area contributed by atoms with Gasteiger partial charge in [0.15, 0.2) is 6.10 Å². The molecule has 7 heteroatoms. The molecule has 0 bridgehead atoms. The summed E-state index contributed by atoms with van der Waals surface area (Å²) in [6.07, 6.45) is -0.993. The van der Waals surface area contributed by atoms with Gasteiger partial charge in [-0.3, -0.25) is 4.79 Å². The zero-order chi connectivity index (χ0) is 15.7. The molecule has 22 heavy (non-hydrogen) atoms. The van der Waals surface area contributed by atoms with Crippen LogP contribution in [0.3, 0.4) is 0 Å². The summed E-state index contributed by atoms with van der Waals surface area (Å²) in [4.78, 5) is 29.2. The zero-order valence-corrected chi connectivity index (χ0v) is 12.3. The smallest absolute Gasteiger partial charge is 0.334 e. The van der Waals surface area contributed by atoms with Crippen LogP contribution in [-0.4, -0.2) is 52.7 Å². The Morgan fingerprint density at radius 1 is 1.32 bits per heavy atom. The molecule has 1 fully saturated rings. The number of ether oxygens (including phenoxy) is 1. The highest BCUT2D eigenvalue weighted by molar-refractivity contribution is 6.31. The second-order valence-corrected chi connectivity index (χ2v) is 5.42. The van der Waals surface area contributed by atoms with Crippen LogP contribution in [0.15, 0.2) is 30.3 Å². The number of hydrogen-bond acceptors (Lipinski definition) is 4. The van der Waals surface area contributed by atoms with Crippen molar-refractivity contribution in [2.24, 2.45) is 0 Å². The molecule has 2 aromatic rings. The summed E-state index contributed by atoms with van der Waals surface area (Å²) < 4.78 is 5.11. The van der Waals surface area contributed by atoms with Crippen molar-refractivity contribution in [2.45, 2.75) is 6.10 Å². The number of hydrogen-bond donors (Lipinski definition) is 1. The molecule has 1 N–H and O–H groups in total. The fraction of sp³-hybridized carbons (Fsp3) is 0.267. The molecule has 1 saturated heterocycles. The second-order valence-electron chi connectivity index (χ2n) is 4.98. The maximum Gasteiger partial charge on any atom is 0.334 e. The first kappa shape index (κ1) is 14.7. The number of morpholine rings is 1. The van der Waals surface area contributed by atoms with E-state index in [0.29, 0.717) is 17.1 Å². The number of halogens is 1. The molecule has 3 rings (SSSR count). The third kappa shape index (κ3) is 2.88. The van der Waals surface area contributed by atoms with E-state index < -0.39 is 12.1 Å². The van der Waals surface area contributed by atoms with Crippen molar-refractivity contribution < 1.29 is 19.4 Å². The quantitative estimate of drug-likeness (QED) is 0.913. The maximum absolute atomic E-state index is 12.5. The summed E-state index contributed by atoms with van der Waals surface area (Å²) in [6.45, 7) is 0.559. The first-order valence-corrected chi connectivity index (χ1v) is 7.12. The van der Waals surface area contributed by atoms with Gasteiger partial charge in [-0.05, 0) is 18.2 Å². The molecule has 0 saturated carbocycles. The number of carbonyl (C=O) groups excluding carboxylic acids is 1. The Balaban J connectivity index is 1.86. The van der Waals surface area contributed by atoms with E-state index in [9.17, 15) is 9.59 Å². The fourth-order valence-electron chi connectivity index (χ4n) is 2.35. The van der Waals surface area contributed by atoms with Crippen LogP contribution in [0, 0.1) is 0 Å². The van der Waals surface area contributed by atoms with Crippen molar-refractivity contribution in [3.05, 3.63) is 41.0 Å². The van der Waals surface area contributed by atoms with Crippen molar-refractivity contribution in [2.75, 3.05) is 19.7 Å². The highest BCUT2D eigenvalue weighted by Crippen LogP contribution is 2.19. The molecule has 1 atom stereocenters. The molecule has 114 valence electrons. The zero-order valence-electron chi connectivity index (χ0n) is 11.5. The van der Waals surface area contributed by atoms with Gasteiger partial charge in [0.2, 0.25) is 0 Å². The van der Waals surface area contributed by atoms with E-state index in [1.807, 2.05) is 6.07 Å². The van der Waals surface area contributed by atoms with E-state index in [-0.39, 0.29) is 24.8 Å². The first-order chi connectivity index (χ1) is 10.5. The van der Waals surface area contributed by atoms with Crippen molar-refractivity contribution in [3.63, 3.8) is 0 Å². The lowest BCUT2D eigenvalue weighted by molar-refractivity contribution is -0.154. The Kier molecular flexibility index (Phi) is 3.96. The molecule has 1 aliphatic heterocycles. The molecule has 1 aromatic heterocycles. The Hall–Kier alpha value is -2.18. The second kappa shape index (κ2) is 5.90. The SMILES string of the molecule is O=C(O)[C@@H]1CN(C(=O)c2ccc3ccc(Cl)cc3n2)CCO1. The van der Waals surface area contributed by atoms with Crippen LogP contribution in [0.1, 0.15) is 10.5 Å². The number of carboxylic acids is 1. The van der Waals surface area contributed by atoms with Gasteiger partial charge in [0.05, 0.1) is 18.7 Å². The molecule has 1 amide bonds. The average molecular weight is 321 g/mol. The van der Waals surface area contributed by atoms with Crippen LogP contribution in [0.4, 0.5) is 0 Å². The van der Waals surface area contributed by atoms with E-state index in [4.69, 9.17) is 21.4 Å². The number of carboxylic acid groups (broad SMARTS) is 1. The van der Waals surface area contributed by atoms with Crippen LogP contribution in [0.5, 0.6) is 0 Å². The molecule has 0 unspecified atom stereocenters. The van der Waals surface area contributed by atoms with Crippen molar-refractivity contribution >= 4 is 34.4 Å². The number of rotatable bonds is 2. The standard InChI is InChI=1S/C15H13ClN2O4/c16-10-3-1-9-2-4-11(17-12(9)7-10)14(19)18-5-6-22-13(8-18)15(20)21/h1-4,7,13H,5-6,8H2,(H,20,21)/t13-/m0/s1. The number of aliphatic carboxylic acids is 1. The minimum atomic E-state index is -1.07. The number of pyridine rings is 1.